The minimum absolute atomic E-state index is 0.0198. The topological polar surface area (TPSA) is 52.3 Å². The fraction of sp³-hybridized carbons (Fsp3) is 0.462. The predicted octanol–water partition coefficient (Wildman–Crippen LogP) is 2.14. The molecule has 0 spiro atoms. The van der Waals surface area contributed by atoms with Gasteiger partial charge in [-0.25, -0.2) is 4.39 Å². The van der Waals surface area contributed by atoms with Crippen molar-refractivity contribution in [2.75, 3.05) is 6.61 Å². The normalized spacial score (nSPS) is 23.0. The Hall–Kier alpha value is -1.42. The molecule has 0 amide bonds. The second-order valence-corrected chi connectivity index (χ2v) is 4.37. The maximum atomic E-state index is 13.6. The molecule has 1 aliphatic rings. The number of Topliss-reactive ketones (excluding diaryl/α,β-unsaturated/α-hetero) is 1. The molecule has 2 rings (SSSR count). The van der Waals surface area contributed by atoms with E-state index < -0.39 is 5.82 Å². The van der Waals surface area contributed by atoms with Gasteiger partial charge in [-0.1, -0.05) is 0 Å². The summed E-state index contributed by atoms with van der Waals surface area (Å²) in [5.74, 6) is -0.355. The van der Waals surface area contributed by atoms with E-state index in [1.54, 1.807) is 13.0 Å². The Balaban J connectivity index is 2.11. The van der Waals surface area contributed by atoms with Crippen molar-refractivity contribution >= 4 is 5.78 Å². The van der Waals surface area contributed by atoms with Gasteiger partial charge < -0.3 is 10.5 Å². The van der Waals surface area contributed by atoms with Crippen molar-refractivity contribution in [2.24, 2.45) is 11.7 Å². The lowest BCUT2D eigenvalue weighted by Gasteiger charge is -2.31. The number of ether oxygens (including phenoxy) is 1. The molecule has 1 aliphatic carbocycles. The van der Waals surface area contributed by atoms with Crippen molar-refractivity contribution in [3.05, 3.63) is 29.6 Å². The first kappa shape index (κ1) is 12.0. The van der Waals surface area contributed by atoms with Gasteiger partial charge in [-0.15, -0.1) is 0 Å². The number of hydrogen-bond acceptors (Lipinski definition) is 3. The van der Waals surface area contributed by atoms with Crippen LogP contribution >= 0.6 is 0 Å². The van der Waals surface area contributed by atoms with E-state index in [4.69, 9.17) is 10.5 Å². The highest BCUT2D eigenvalue weighted by molar-refractivity contribution is 5.98. The van der Waals surface area contributed by atoms with E-state index in [9.17, 15) is 9.18 Å². The zero-order chi connectivity index (χ0) is 12.4. The third kappa shape index (κ3) is 2.47. The summed E-state index contributed by atoms with van der Waals surface area (Å²) in [5.41, 5.74) is 6.04. The van der Waals surface area contributed by atoms with Gasteiger partial charge in [0, 0.05) is 17.5 Å². The molecule has 3 nitrogen and oxygen atoms in total. The first-order chi connectivity index (χ1) is 8.11. The zero-order valence-electron chi connectivity index (χ0n) is 9.78. The fourth-order valence-corrected chi connectivity index (χ4v) is 2.04. The standard InChI is InChI=1S/C13H16FNO2/c1-2-17-12-4-3-8(7-11(12)14)13(16)9-5-10(15)6-9/h3-4,7,9-10H,2,5-6,15H2,1H3. The number of benzene rings is 1. The lowest BCUT2D eigenvalue weighted by atomic mass is 9.76. The maximum Gasteiger partial charge on any atom is 0.166 e. The molecule has 0 atom stereocenters. The summed E-state index contributed by atoms with van der Waals surface area (Å²) in [4.78, 5) is 11.9. The molecule has 2 N–H and O–H groups in total. The summed E-state index contributed by atoms with van der Waals surface area (Å²) in [5, 5.41) is 0. The van der Waals surface area contributed by atoms with Crippen LogP contribution in [-0.4, -0.2) is 18.4 Å². The minimum Gasteiger partial charge on any atom is -0.491 e. The molecule has 1 aromatic carbocycles. The Morgan fingerprint density at radius 1 is 1.53 bits per heavy atom. The second kappa shape index (κ2) is 4.84. The van der Waals surface area contributed by atoms with E-state index >= 15 is 0 Å². The van der Waals surface area contributed by atoms with E-state index in [2.05, 4.69) is 0 Å². The SMILES string of the molecule is CCOc1ccc(C(=O)C2CC(N)C2)cc1F. The first-order valence-corrected chi connectivity index (χ1v) is 5.84. The van der Waals surface area contributed by atoms with Crippen molar-refractivity contribution in [3.63, 3.8) is 0 Å². The number of carbonyl (C=O) groups is 1. The van der Waals surface area contributed by atoms with Crippen molar-refractivity contribution < 1.29 is 13.9 Å². The number of carbonyl (C=O) groups excluding carboxylic acids is 1. The molecule has 1 aromatic rings. The molecule has 4 heteroatoms. The molecule has 0 saturated heterocycles. The van der Waals surface area contributed by atoms with E-state index in [1.165, 1.54) is 12.1 Å². The number of rotatable bonds is 4. The molecule has 0 bridgehead atoms. The van der Waals surface area contributed by atoms with Gasteiger partial charge in [-0.05, 0) is 38.0 Å². The highest BCUT2D eigenvalue weighted by Gasteiger charge is 2.32. The van der Waals surface area contributed by atoms with Gasteiger partial charge in [0.2, 0.25) is 0 Å². The Morgan fingerprint density at radius 2 is 2.24 bits per heavy atom. The molecule has 0 radical (unpaired) electrons. The van der Waals surface area contributed by atoms with Crippen LogP contribution in [0.25, 0.3) is 0 Å². The lowest BCUT2D eigenvalue weighted by molar-refractivity contribution is 0.0832. The van der Waals surface area contributed by atoms with Crippen molar-refractivity contribution in [3.8, 4) is 5.75 Å². The smallest absolute Gasteiger partial charge is 0.166 e. The van der Waals surface area contributed by atoms with Crippen LogP contribution in [0.3, 0.4) is 0 Å². The second-order valence-electron chi connectivity index (χ2n) is 4.37. The summed E-state index contributed by atoms with van der Waals surface area (Å²) in [6.45, 7) is 2.19. The first-order valence-electron chi connectivity index (χ1n) is 5.84. The number of nitrogens with two attached hydrogens (primary N) is 1. The molecule has 1 fully saturated rings. The predicted molar refractivity (Wildman–Crippen MR) is 62.6 cm³/mol. The van der Waals surface area contributed by atoms with Gasteiger partial charge in [0.1, 0.15) is 0 Å². The van der Waals surface area contributed by atoms with Crippen LogP contribution in [0.4, 0.5) is 4.39 Å². The average molecular weight is 237 g/mol. The highest BCUT2D eigenvalue weighted by atomic mass is 19.1. The lowest BCUT2D eigenvalue weighted by Crippen LogP contribution is -2.40. The van der Waals surface area contributed by atoms with Crippen LogP contribution in [0.1, 0.15) is 30.1 Å². The number of hydrogen-bond donors (Lipinski definition) is 1. The highest BCUT2D eigenvalue weighted by Crippen LogP contribution is 2.30. The maximum absolute atomic E-state index is 13.6. The van der Waals surface area contributed by atoms with Gasteiger partial charge in [-0.3, -0.25) is 4.79 Å². The van der Waals surface area contributed by atoms with Gasteiger partial charge in [-0.2, -0.15) is 0 Å². The molecule has 0 aromatic heterocycles. The van der Waals surface area contributed by atoms with Crippen LogP contribution in [0.15, 0.2) is 18.2 Å². The quantitative estimate of drug-likeness (QED) is 0.816. The van der Waals surface area contributed by atoms with Crippen LogP contribution in [-0.2, 0) is 0 Å². The zero-order valence-corrected chi connectivity index (χ0v) is 9.78. The van der Waals surface area contributed by atoms with Crippen molar-refractivity contribution in [2.45, 2.75) is 25.8 Å². The van der Waals surface area contributed by atoms with Crippen LogP contribution in [0.2, 0.25) is 0 Å². The number of ketones is 1. The van der Waals surface area contributed by atoms with Crippen LogP contribution in [0, 0.1) is 11.7 Å². The van der Waals surface area contributed by atoms with Gasteiger partial charge in [0.25, 0.3) is 0 Å². The Bertz CT molecular complexity index is 427. The molecule has 92 valence electrons. The van der Waals surface area contributed by atoms with Crippen molar-refractivity contribution in [1.29, 1.82) is 0 Å². The largest absolute Gasteiger partial charge is 0.491 e. The van der Waals surface area contributed by atoms with E-state index in [0.717, 1.165) is 0 Å². The van der Waals surface area contributed by atoms with Crippen LogP contribution < -0.4 is 10.5 Å². The van der Waals surface area contributed by atoms with Crippen LogP contribution in [0.5, 0.6) is 5.75 Å². The molecule has 0 aliphatic heterocycles. The average Bonchev–Trinajstić information content (AvgIpc) is 2.27. The van der Waals surface area contributed by atoms with Crippen molar-refractivity contribution in [1.82, 2.24) is 0 Å². The molecule has 0 unspecified atom stereocenters. The monoisotopic (exact) mass is 237 g/mol. The third-order valence-electron chi connectivity index (χ3n) is 3.06. The summed E-state index contributed by atoms with van der Waals surface area (Å²) >= 11 is 0. The third-order valence-corrected chi connectivity index (χ3v) is 3.06. The molecule has 17 heavy (non-hydrogen) atoms. The summed E-state index contributed by atoms with van der Waals surface area (Å²) in [6, 6.07) is 4.48. The van der Waals surface area contributed by atoms with Gasteiger partial charge in [0.15, 0.2) is 17.3 Å². The summed E-state index contributed by atoms with van der Waals surface area (Å²) < 4.78 is 18.6. The Morgan fingerprint density at radius 3 is 2.76 bits per heavy atom. The fourth-order valence-electron chi connectivity index (χ4n) is 2.04. The minimum atomic E-state index is -0.485. The molecule has 0 heterocycles. The molecule has 1 saturated carbocycles. The summed E-state index contributed by atoms with van der Waals surface area (Å²) in [7, 11) is 0. The Labute approximate surface area is 99.8 Å². The van der Waals surface area contributed by atoms with E-state index in [-0.39, 0.29) is 23.5 Å². The summed E-state index contributed by atoms with van der Waals surface area (Å²) in [6.07, 6.45) is 1.40. The van der Waals surface area contributed by atoms with Gasteiger partial charge in [0.05, 0.1) is 6.61 Å². The molecular weight excluding hydrogens is 221 g/mol. The van der Waals surface area contributed by atoms with Gasteiger partial charge >= 0.3 is 0 Å². The Kier molecular flexibility index (Phi) is 3.43. The van der Waals surface area contributed by atoms with E-state index in [1.807, 2.05) is 0 Å². The number of halogens is 1. The van der Waals surface area contributed by atoms with E-state index in [0.29, 0.717) is 25.0 Å². The molecular formula is C13H16FNO2.